The van der Waals surface area contributed by atoms with E-state index in [2.05, 4.69) is 0 Å². The Bertz CT molecular complexity index is 551. The fourth-order valence-electron chi connectivity index (χ4n) is 3.94. The highest BCUT2D eigenvalue weighted by Gasteiger charge is 2.37. The van der Waals surface area contributed by atoms with E-state index in [1.165, 1.54) is 37.0 Å². The summed E-state index contributed by atoms with van der Waals surface area (Å²) in [6, 6.07) is 9.80. The molecule has 2 fully saturated rings. The van der Waals surface area contributed by atoms with Crippen LogP contribution in [0.4, 0.5) is 4.79 Å². The van der Waals surface area contributed by atoms with Gasteiger partial charge in [-0.3, -0.25) is 4.79 Å². The van der Waals surface area contributed by atoms with Gasteiger partial charge in [0, 0.05) is 6.42 Å². The zero-order chi connectivity index (χ0) is 16.8. The van der Waals surface area contributed by atoms with Crippen molar-refractivity contribution >= 4 is 12.0 Å². The van der Waals surface area contributed by atoms with Crippen molar-refractivity contribution in [2.24, 2.45) is 5.92 Å². The van der Waals surface area contributed by atoms with Crippen LogP contribution in [0.2, 0.25) is 0 Å². The van der Waals surface area contributed by atoms with Crippen molar-refractivity contribution in [3.63, 3.8) is 0 Å². The second-order valence-corrected chi connectivity index (χ2v) is 7.08. The number of nitrogens with zero attached hydrogens (tertiary/aromatic N) is 1. The van der Waals surface area contributed by atoms with E-state index in [0.29, 0.717) is 19.4 Å². The molecule has 1 saturated carbocycles. The Morgan fingerprint density at radius 3 is 2.62 bits per heavy atom. The second kappa shape index (κ2) is 8.32. The molecule has 0 aromatic heterocycles. The Hall–Kier alpha value is -1.84. The summed E-state index contributed by atoms with van der Waals surface area (Å²) in [6.45, 7) is 0.308. The van der Waals surface area contributed by atoms with Crippen molar-refractivity contribution in [1.29, 1.82) is 0 Å². The molecule has 2 aliphatic rings. The molecule has 0 spiro atoms. The largest absolute Gasteiger partial charge is 0.447 e. The Kier molecular flexibility index (Phi) is 5.89. The van der Waals surface area contributed by atoms with Crippen molar-refractivity contribution in [1.82, 2.24) is 4.90 Å². The van der Waals surface area contributed by atoms with Crippen molar-refractivity contribution in [2.45, 2.75) is 63.8 Å². The van der Waals surface area contributed by atoms with Gasteiger partial charge in [-0.05, 0) is 30.7 Å². The van der Waals surface area contributed by atoms with E-state index < -0.39 is 6.09 Å². The van der Waals surface area contributed by atoms with Crippen molar-refractivity contribution in [3.05, 3.63) is 35.9 Å². The molecule has 1 unspecified atom stereocenters. The molecule has 0 radical (unpaired) electrons. The number of ether oxygens (including phenoxy) is 1. The number of benzene rings is 1. The Morgan fingerprint density at radius 1 is 1.12 bits per heavy atom. The highest BCUT2D eigenvalue weighted by molar-refractivity contribution is 5.93. The minimum absolute atomic E-state index is 0.0748. The quantitative estimate of drug-likeness (QED) is 0.780. The fourth-order valence-corrected chi connectivity index (χ4v) is 3.94. The van der Waals surface area contributed by atoms with Crippen LogP contribution in [0.5, 0.6) is 0 Å². The number of carbonyl (C=O) groups excluding carboxylic acids is 2. The summed E-state index contributed by atoms with van der Waals surface area (Å²) in [5.74, 6) is 0.700. The molecule has 3 rings (SSSR count). The zero-order valence-corrected chi connectivity index (χ0v) is 14.3. The number of imide groups is 1. The van der Waals surface area contributed by atoms with Gasteiger partial charge in [-0.1, -0.05) is 62.4 Å². The first-order valence-corrected chi connectivity index (χ1v) is 9.27. The molecule has 1 aliphatic carbocycles. The molecule has 24 heavy (non-hydrogen) atoms. The Labute approximate surface area is 144 Å². The zero-order valence-electron chi connectivity index (χ0n) is 14.3. The van der Waals surface area contributed by atoms with Crippen LogP contribution in [0.1, 0.15) is 56.9 Å². The van der Waals surface area contributed by atoms with Crippen molar-refractivity contribution in [2.75, 3.05) is 6.61 Å². The van der Waals surface area contributed by atoms with Crippen LogP contribution in [0.15, 0.2) is 30.3 Å². The van der Waals surface area contributed by atoms with Gasteiger partial charge in [-0.15, -0.1) is 0 Å². The minimum Gasteiger partial charge on any atom is -0.447 e. The van der Waals surface area contributed by atoms with Crippen LogP contribution in [-0.2, 0) is 16.0 Å². The smallest absolute Gasteiger partial charge is 0.416 e. The maximum absolute atomic E-state index is 12.5. The number of amides is 2. The first kappa shape index (κ1) is 17.0. The molecule has 4 nitrogen and oxygen atoms in total. The average Bonchev–Trinajstić information content (AvgIpc) is 2.97. The Balaban J connectivity index is 1.50. The second-order valence-electron chi connectivity index (χ2n) is 7.08. The van der Waals surface area contributed by atoms with Gasteiger partial charge in [0.05, 0.1) is 6.04 Å². The molecule has 1 aromatic carbocycles. The first-order chi connectivity index (χ1) is 11.7. The van der Waals surface area contributed by atoms with Crippen LogP contribution >= 0.6 is 0 Å². The molecule has 4 heteroatoms. The van der Waals surface area contributed by atoms with Gasteiger partial charge in [0.1, 0.15) is 6.61 Å². The van der Waals surface area contributed by atoms with E-state index in [1.807, 2.05) is 30.3 Å². The molecular formula is C20H27NO3. The predicted octanol–water partition coefficient (Wildman–Crippen LogP) is 4.33. The minimum atomic E-state index is -0.474. The molecule has 1 aromatic rings. The lowest BCUT2D eigenvalue weighted by molar-refractivity contribution is -0.129. The number of cyclic esters (lactones) is 1. The van der Waals surface area contributed by atoms with Gasteiger partial charge in [0.15, 0.2) is 0 Å². The van der Waals surface area contributed by atoms with Gasteiger partial charge < -0.3 is 4.74 Å². The average molecular weight is 329 g/mol. The first-order valence-electron chi connectivity index (χ1n) is 9.27. The van der Waals surface area contributed by atoms with E-state index in [4.69, 9.17) is 4.74 Å². The van der Waals surface area contributed by atoms with Gasteiger partial charge in [0.25, 0.3) is 0 Å². The molecule has 1 saturated heterocycles. The summed E-state index contributed by atoms with van der Waals surface area (Å²) in [5.41, 5.74) is 1.13. The summed E-state index contributed by atoms with van der Waals surface area (Å²) in [6.07, 6.45) is 9.26. The molecule has 1 atom stereocenters. The van der Waals surface area contributed by atoms with Crippen molar-refractivity contribution < 1.29 is 14.3 Å². The number of hydrogen-bond acceptors (Lipinski definition) is 3. The van der Waals surface area contributed by atoms with E-state index >= 15 is 0 Å². The third-order valence-corrected chi connectivity index (χ3v) is 5.27. The van der Waals surface area contributed by atoms with E-state index in [-0.39, 0.29) is 11.9 Å². The monoisotopic (exact) mass is 329 g/mol. The van der Waals surface area contributed by atoms with Gasteiger partial charge in [-0.25, -0.2) is 9.69 Å². The van der Waals surface area contributed by atoms with Crippen LogP contribution in [0.25, 0.3) is 0 Å². The van der Waals surface area contributed by atoms with Gasteiger partial charge in [0.2, 0.25) is 5.91 Å². The molecule has 2 amide bonds. The summed E-state index contributed by atoms with van der Waals surface area (Å²) in [4.78, 5) is 25.8. The molecule has 1 heterocycles. The van der Waals surface area contributed by atoms with Crippen LogP contribution < -0.4 is 0 Å². The topological polar surface area (TPSA) is 46.6 Å². The predicted molar refractivity (Wildman–Crippen MR) is 92.6 cm³/mol. The normalized spacial score (nSPS) is 21.8. The summed E-state index contributed by atoms with van der Waals surface area (Å²) in [5, 5.41) is 0. The molecule has 0 bridgehead atoms. The molecule has 1 aliphatic heterocycles. The Morgan fingerprint density at radius 2 is 1.88 bits per heavy atom. The molecular weight excluding hydrogens is 302 g/mol. The summed E-state index contributed by atoms with van der Waals surface area (Å²) >= 11 is 0. The SMILES string of the molecule is O=C(CCCC1CCCCC1)N1C(=O)OCC1Cc1ccccc1. The van der Waals surface area contributed by atoms with E-state index in [1.54, 1.807) is 0 Å². The third-order valence-electron chi connectivity index (χ3n) is 5.27. The third kappa shape index (κ3) is 4.37. The molecule has 130 valence electrons. The standard InChI is InChI=1S/C20H27NO3/c22-19(13-7-12-16-8-3-1-4-9-16)21-18(15-24-20(21)23)14-17-10-5-2-6-11-17/h2,5-6,10-11,16,18H,1,3-4,7-9,12-15H2. The van der Waals surface area contributed by atoms with Crippen molar-refractivity contribution in [3.8, 4) is 0 Å². The van der Waals surface area contributed by atoms with E-state index in [0.717, 1.165) is 24.3 Å². The molecule has 0 N–H and O–H groups in total. The number of carbonyl (C=O) groups is 2. The highest BCUT2D eigenvalue weighted by Crippen LogP contribution is 2.28. The van der Waals surface area contributed by atoms with Gasteiger partial charge in [-0.2, -0.15) is 0 Å². The lowest BCUT2D eigenvalue weighted by atomic mass is 9.86. The van der Waals surface area contributed by atoms with Gasteiger partial charge >= 0.3 is 6.09 Å². The highest BCUT2D eigenvalue weighted by atomic mass is 16.6. The number of hydrogen-bond donors (Lipinski definition) is 0. The summed E-state index contributed by atoms with van der Waals surface area (Å²) in [7, 11) is 0. The fraction of sp³-hybridized carbons (Fsp3) is 0.600. The lowest BCUT2D eigenvalue weighted by Crippen LogP contribution is -2.40. The van der Waals surface area contributed by atoms with Crippen LogP contribution in [0, 0.1) is 5.92 Å². The maximum atomic E-state index is 12.5. The summed E-state index contributed by atoms with van der Waals surface area (Å²) < 4.78 is 5.13. The lowest BCUT2D eigenvalue weighted by Gasteiger charge is -2.22. The van der Waals surface area contributed by atoms with Crippen LogP contribution in [0.3, 0.4) is 0 Å². The van der Waals surface area contributed by atoms with E-state index in [9.17, 15) is 9.59 Å². The number of rotatable bonds is 6. The van der Waals surface area contributed by atoms with Crippen LogP contribution in [-0.4, -0.2) is 29.5 Å². The maximum Gasteiger partial charge on any atom is 0.416 e.